The van der Waals surface area contributed by atoms with Crippen LogP contribution in [0.5, 0.6) is 0 Å². The van der Waals surface area contributed by atoms with Crippen molar-refractivity contribution in [1.29, 1.82) is 5.26 Å². The number of aromatic nitrogens is 6. The molecule has 216 valence electrons. The van der Waals surface area contributed by atoms with Crippen molar-refractivity contribution in [2.24, 2.45) is 0 Å². The van der Waals surface area contributed by atoms with Crippen LogP contribution in [0.1, 0.15) is 34.4 Å². The third-order valence-corrected chi connectivity index (χ3v) is 7.98. The van der Waals surface area contributed by atoms with Gasteiger partial charge in [-0.2, -0.15) is 15.5 Å². The van der Waals surface area contributed by atoms with Gasteiger partial charge in [-0.3, -0.25) is 4.68 Å². The van der Waals surface area contributed by atoms with E-state index in [1.165, 1.54) is 33.1 Å². The average Bonchev–Trinajstić information content (AvgIpc) is 3.69. The van der Waals surface area contributed by atoms with Gasteiger partial charge in [0.05, 0.1) is 39.3 Å². The van der Waals surface area contributed by atoms with Gasteiger partial charge in [0.15, 0.2) is 23.3 Å². The van der Waals surface area contributed by atoms with E-state index in [4.69, 9.17) is 4.74 Å². The average molecular weight is 598 g/mol. The highest BCUT2D eigenvalue weighted by Gasteiger charge is 2.48. The van der Waals surface area contributed by atoms with Gasteiger partial charge < -0.3 is 20.1 Å². The zero-order chi connectivity index (χ0) is 29.9. The predicted octanol–water partition coefficient (Wildman–Crippen LogP) is 3.04. The maximum atomic E-state index is 13.9. The second-order valence-corrected chi connectivity index (χ2v) is 11.1. The van der Waals surface area contributed by atoms with Crippen molar-refractivity contribution in [2.45, 2.75) is 44.3 Å². The molecule has 15 heteroatoms. The Morgan fingerprint density at radius 1 is 1.05 bits per heavy atom. The standard InChI is InChI=1S/C27H22F3N7O4S/c1-11-33-27(37(35-11)16-3-14(7-31)22-20(6-16)42-12(2)34-22)26-25(40)23(24(39)19(10-38)41-26)36-9-15(8-32-36)13-4-17(28)21(30)18(29)5-13/h3-6,8-9,19,23-26,38-40H,10H2,1-2H3/t19?,23-,24-,25?,26+/m0/s1. The van der Waals surface area contributed by atoms with Gasteiger partial charge in [0, 0.05) is 11.8 Å². The number of halogens is 3. The van der Waals surface area contributed by atoms with Crippen molar-refractivity contribution in [3.63, 3.8) is 0 Å². The minimum atomic E-state index is -1.61. The first-order chi connectivity index (χ1) is 20.1. The summed E-state index contributed by atoms with van der Waals surface area (Å²) in [5, 5.41) is 51.8. The summed E-state index contributed by atoms with van der Waals surface area (Å²) in [6.45, 7) is 2.83. The molecule has 0 bridgehead atoms. The van der Waals surface area contributed by atoms with Gasteiger partial charge >= 0.3 is 0 Å². The van der Waals surface area contributed by atoms with E-state index in [1.54, 1.807) is 19.1 Å². The molecule has 1 fully saturated rings. The minimum absolute atomic E-state index is 0.0127. The van der Waals surface area contributed by atoms with Crippen molar-refractivity contribution in [3.05, 3.63) is 76.3 Å². The Balaban J connectivity index is 1.41. The first kappa shape index (κ1) is 27.9. The number of hydrogen-bond acceptors (Lipinski definition) is 10. The van der Waals surface area contributed by atoms with E-state index in [2.05, 4.69) is 26.2 Å². The lowest BCUT2D eigenvalue weighted by Gasteiger charge is -2.41. The number of nitrogens with zero attached hydrogens (tertiary/aromatic N) is 7. The number of ether oxygens (including phenoxy) is 1. The van der Waals surface area contributed by atoms with E-state index in [9.17, 15) is 33.8 Å². The van der Waals surface area contributed by atoms with Crippen LogP contribution in [0.2, 0.25) is 0 Å². The summed E-state index contributed by atoms with van der Waals surface area (Å²) in [6.07, 6.45) is -2.83. The Labute approximate surface area is 239 Å². The normalized spacial score (nSPS) is 22.5. The molecule has 5 atom stereocenters. The smallest absolute Gasteiger partial charge is 0.194 e. The van der Waals surface area contributed by atoms with Crippen LogP contribution in [0.3, 0.4) is 0 Å². The summed E-state index contributed by atoms with van der Waals surface area (Å²) >= 11 is 1.39. The molecule has 1 saturated heterocycles. The zero-order valence-electron chi connectivity index (χ0n) is 22.0. The lowest BCUT2D eigenvalue weighted by atomic mass is 9.92. The van der Waals surface area contributed by atoms with Gasteiger partial charge in [-0.05, 0) is 43.7 Å². The predicted molar refractivity (Wildman–Crippen MR) is 142 cm³/mol. The molecule has 0 aliphatic carbocycles. The number of benzene rings is 2. The second kappa shape index (κ2) is 10.6. The molecule has 0 spiro atoms. The lowest BCUT2D eigenvalue weighted by Crippen LogP contribution is -2.53. The molecule has 0 saturated carbocycles. The van der Waals surface area contributed by atoms with E-state index >= 15 is 0 Å². The van der Waals surface area contributed by atoms with Crippen molar-refractivity contribution in [1.82, 2.24) is 29.5 Å². The van der Waals surface area contributed by atoms with Crippen LogP contribution in [0.25, 0.3) is 27.0 Å². The number of hydrogen-bond donors (Lipinski definition) is 3. The maximum Gasteiger partial charge on any atom is 0.194 e. The quantitative estimate of drug-likeness (QED) is 0.259. The highest BCUT2D eigenvalue weighted by molar-refractivity contribution is 7.18. The van der Waals surface area contributed by atoms with Gasteiger partial charge in [0.2, 0.25) is 0 Å². The third kappa shape index (κ3) is 4.63. The summed E-state index contributed by atoms with van der Waals surface area (Å²) in [5.41, 5.74) is 1.50. The van der Waals surface area contributed by atoms with Crippen LogP contribution in [0.15, 0.2) is 36.7 Å². The monoisotopic (exact) mass is 597 g/mol. The second-order valence-electron chi connectivity index (χ2n) is 9.83. The van der Waals surface area contributed by atoms with Gasteiger partial charge in [0.1, 0.15) is 42.4 Å². The highest BCUT2D eigenvalue weighted by Crippen LogP contribution is 2.39. The Bertz CT molecular complexity index is 1840. The summed E-state index contributed by atoms with van der Waals surface area (Å²) in [5.74, 6) is -3.92. The van der Waals surface area contributed by atoms with Gasteiger partial charge in [-0.15, -0.1) is 11.3 Å². The molecule has 4 heterocycles. The van der Waals surface area contributed by atoms with E-state index < -0.39 is 54.5 Å². The summed E-state index contributed by atoms with van der Waals surface area (Å²) < 4.78 is 50.5. The molecule has 0 radical (unpaired) electrons. The fourth-order valence-electron chi connectivity index (χ4n) is 5.14. The fourth-order valence-corrected chi connectivity index (χ4v) is 6.03. The highest BCUT2D eigenvalue weighted by atomic mass is 32.1. The number of aliphatic hydroxyl groups excluding tert-OH is 3. The van der Waals surface area contributed by atoms with E-state index in [1.807, 2.05) is 6.92 Å². The van der Waals surface area contributed by atoms with E-state index in [0.29, 0.717) is 22.6 Å². The van der Waals surface area contributed by atoms with Crippen molar-refractivity contribution >= 4 is 21.6 Å². The number of aryl methyl sites for hydroxylation is 2. The molecular weight excluding hydrogens is 575 g/mol. The number of nitriles is 1. The molecule has 3 N–H and O–H groups in total. The third-order valence-electron chi connectivity index (χ3n) is 7.06. The molecule has 3 aromatic heterocycles. The van der Waals surface area contributed by atoms with Crippen molar-refractivity contribution in [2.75, 3.05) is 6.61 Å². The SMILES string of the molecule is Cc1nc([C@@H]2OC(CO)[C@H](O)[C@H](n3cc(-c4cc(F)c(F)c(F)c4)cn3)C2O)n(-c2cc(C#N)c3nc(C)sc3c2)n1. The number of rotatable bonds is 5. The van der Waals surface area contributed by atoms with Crippen LogP contribution in [-0.4, -0.2) is 69.8 Å². The largest absolute Gasteiger partial charge is 0.394 e. The maximum absolute atomic E-state index is 13.9. The van der Waals surface area contributed by atoms with Crippen LogP contribution >= 0.6 is 11.3 Å². The summed E-state index contributed by atoms with van der Waals surface area (Å²) in [7, 11) is 0. The first-order valence-electron chi connectivity index (χ1n) is 12.7. The van der Waals surface area contributed by atoms with Crippen LogP contribution in [-0.2, 0) is 4.74 Å². The Morgan fingerprint density at radius 3 is 2.48 bits per heavy atom. The molecular formula is C27H22F3N7O4S. The fraction of sp³-hybridized carbons (Fsp3) is 0.296. The Hall–Kier alpha value is -4.20. The molecule has 1 aliphatic rings. The van der Waals surface area contributed by atoms with Crippen LogP contribution in [0.4, 0.5) is 13.2 Å². The number of thiazole rings is 1. The molecule has 42 heavy (non-hydrogen) atoms. The van der Waals surface area contributed by atoms with Gasteiger partial charge in [-0.25, -0.2) is 27.8 Å². The van der Waals surface area contributed by atoms with Gasteiger partial charge in [0.25, 0.3) is 0 Å². The van der Waals surface area contributed by atoms with E-state index in [0.717, 1.165) is 21.8 Å². The summed E-state index contributed by atoms with van der Waals surface area (Å²) in [6, 6.07) is 5.91. The molecule has 6 rings (SSSR count). The Morgan fingerprint density at radius 2 is 1.79 bits per heavy atom. The number of aliphatic hydroxyl groups is 3. The van der Waals surface area contributed by atoms with E-state index in [-0.39, 0.29) is 17.0 Å². The number of fused-ring (bicyclic) bond motifs is 1. The van der Waals surface area contributed by atoms with Crippen molar-refractivity contribution in [3.8, 4) is 22.9 Å². The molecule has 2 aromatic carbocycles. The molecule has 1 aliphatic heterocycles. The topological polar surface area (TPSA) is 155 Å². The summed E-state index contributed by atoms with van der Waals surface area (Å²) in [4.78, 5) is 8.88. The van der Waals surface area contributed by atoms with Crippen LogP contribution < -0.4 is 0 Å². The molecule has 11 nitrogen and oxygen atoms in total. The molecule has 0 amide bonds. The van der Waals surface area contributed by atoms with Crippen molar-refractivity contribution < 1.29 is 33.2 Å². The first-order valence-corrected chi connectivity index (χ1v) is 13.5. The Kier molecular flexibility index (Phi) is 7.03. The zero-order valence-corrected chi connectivity index (χ0v) is 22.8. The minimum Gasteiger partial charge on any atom is -0.394 e. The van der Waals surface area contributed by atoms with Gasteiger partial charge in [-0.1, -0.05) is 0 Å². The van der Waals surface area contributed by atoms with Crippen LogP contribution in [0, 0.1) is 42.6 Å². The lowest BCUT2D eigenvalue weighted by molar-refractivity contribution is -0.210. The molecule has 2 unspecified atom stereocenters. The molecule has 5 aromatic rings.